The third-order valence-electron chi connectivity index (χ3n) is 6.55. The molecule has 0 spiro atoms. The minimum absolute atomic E-state index is 0. The van der Waals surface area contributed by atoms with Gasteiger partial charge >= 0.3 is 0 Å². The first-order chi connectivity index (χ1) is 21.2. The second-order valence-electron chi connectivity index (χ2n) is 9.38. The summed E-state index contributed by atoms with van der Waals surface area (Å²) in [6.07, 6.45) is 8.21. The summed E-state index contributed by atoms with van der Waals surface area (Å²) in [6.45, 7) is 0. The zero-order valence-electron chi connectivity index (χ0n) is 23.9. The molecule has 9 nitrogen and oxygen atoms in total. The smallest absolute Gasteiger partial charge is 0.242 e. The van der Waals surface area contributed by atoms with Gasteiger partial charge in [0.15, 0.2) is 0 Å². The van der Waals surface area contributed by atoms with Crippen LogP contribution in [-0.4, -0.2) is 29.6 Å². The molecule has 219 valence electrons. The predicted molar refractivity (Wildman–Crippen MR) is 161 cm³/mol. The molecule has 0 fully saturated rings. The molecule has 0 N–H and O–H groups in total. The molecule has 0 bridgehead atoms. The normalized spacial score (nSPS) is 10.3. The molecule has 0 aliphatic carbocycles. The number of fused-ring (bicyclic) bond motifs is 2. The van der Waals surface area contributed by atoms with E-state index in [1.54, 1.807) is 12.3 Å². The van der Waals surface area contributed by atoms with E-state index in [2.05, 4.69) is 74.7 Å². The minimum atomic E-state index is 0. The quantitative estimate of drug-likeness (QED) is 0.202. The molecule has 10 heteroatoms. The van der Waals surface area contributed by atoms with Crippen LogP contribution in [-0.2, 0) is 34.2 Å². The number of pyridine rings is 1. The summed E-state index contributed by atoms with van der Waals surface area (Å²) in [5.74, 6) is 0.464. The second kappa shape index (κ2) is 14.2. The van der Waals surface area contributed by atoms with Crippen LogP contribution in [0.5, 0.6) is 0 Å². The van der Waals surface area contributed by atoms with Crippen molar-refractivity contribution in [3.05, 3.63) is 146 Å². The molecular weight excluding hydrogens is 727 g/mol. The molecular formula is C34H26IrN9-3. The number of benzene rings is 4. The zero-order chi connectivity index (χ0) is 29.4. The van der Waals surface area contributed by atoms with Crippen LogP contribution >= 0.6 is 0 Å². The maximum Gasteiger partial charge on any atom is 0.242 e. The maximum absolute atomic E-state index is 4.02. The number of tetrazole rings is 1. The number of para-hydroxylation sites is 6. The van der Waals surface area contributed by atoms with Crippen molar-refractivity contribution in [1.82, 2.24) is 34.7 Å². The SMILES string of the molecule is C[n+]1[c-]n(-c2[c-]cccc2)c2ccccc21.C[n+]1[c-]n(-c2[c-]cccc2)c2ccccc21.[Ir].c1ccc(-c2nnn[n-]2)nc1. The van der Waals surface area contributed by atoms with Crippen molar-refractivity contribution in [2.24, 2.45) is 14.1 Å². The van der Waals surface area contributed by atoms with Crippen molar-refractivity contribution in [1.29, 1.82) is 0 Å². The van der Waals surface area contributed by atoms with Crippen LogP contribution in [0.1, 0.15) is 0 Å². The Balaban J connectivity index is 0.000000132. The minimum Gasteiger partial charge on any atom is -0.342 e. The molecule has 8 rings (SSSR count). The molecule has 0 saturated carbocycles. The van der Waals surface area contributed by atoms with Crippen LogP contribution in [0.25, 0.3) is 45.0 Å². The standard InChI is InChI=1S/2C14H11N2.C6H4N5.Ir/c2*1-15-11-16(12-7-3-2-4-8-12)14-10-6-5-9-13(14)15;1-2-4-7-5(3-1)6-8-10-11-9-6;/h2*2-7,9-10H,1H3;1-4H;/q3*-1;. The summed E-state index contributed by atoms with van der Waals surface area (Å²) >= 11 is 0. The third-order valence-corrected chi connectivity index (χ3v) is 6.55. The van der Waals surface area contributed by atoms with Gasteiger partial charge in [0.2, 0.25) is 12.7 Å². The molecule has 0 aliphatic heterocycles. The van der Waals surface area contributed by atoms with E-state index in [9.17, 15) is 0 Å². The number of hydrogen-bond donors (Lipinski definition) is 0. The summed E-state index contributed by atoms with van der Waals surface area (Å²) in [5, 5.41) is 14.0. The van der Waals surface area contributed by atoms with Crippen LogP contribution in [0, 0.1) is 24.8 Å². The predicted octanol–water partition coefficient (Wildman–Crippen LogP) is 4.00. The van der Waals surface area contributed by atoms with Crippen molar-refractivity contribution in [3.63, 3.8) is 0 Å². The summed E-state index contributed by atoms with van der Waals surface area (Å²) < 4.78 is 8.04. The van der Waals surface area contributed by atoms with E-state index in [1.165, 1.54) is 11.0 Å². The van der Waals surface area contributed by atoms with Crippen molar-refractivity contribution in [3.8, 4) is 22.9 Å². The van der Waals surface area contributed by atoms with Gasteiger partial charge in [-0.25, -0.2) is 0 Å². The zero-order valence-corrected chi connectivity index (χ0v) is 26.3. The van der Waals surface area contributed by atoms with Crippen LogP contribution in [0.15, 0.2) is 121 Å². The molecule has 4 aromatic carbocycles. The monoisotopic (exact) mass is 753 g/mol. The number of imidazole rings is 2. The topological polar surface area (TPSA) is 83.3 Å². The van der Waals surface area contributed by atoms with Crippen molar-refractivity contribution in [2.75, 3.05) is 0 Å². The van der Waals surface area contributed by atoms with Crippen LogP contribution in [0.2, 0.25) is 0 Å². The Morgan fingerprint density at radius 2 is 1.16 bits per heavy atom. The fourth-order valence-corrected chi connectivity index (χ4v) is 4.54. The van der Waals surface area contributed by atoms with Gasteiger partial charge in [-0.2, -0.15) is 65.9 Å². The van der Waals surface area contributed by atoms with Gasteiger partial charge in [0.1, 0.15) is 0 Å². The first-order valence-corrected chi connectivity index (χ1v) is 13.5. The van der Waals surface area contributed by atoms with Gasteiger partial charge in [0.25, 0.3) is 0 Å². The fourth-order valence-electron chi connectivity index (χ4n) is 4.54. The summed E-state index contributed by atoms with van der Waals surface area (Å²) in [5.41, 5.74) is 7.34. The van der Waals surface area contributed by atoms with Gasteiger partial charge < -0.3 is 23.4 Å². The Morgan fingerprint density at radius 1 is 0.636 bits per heavy atom. The number of rotatable bonds is 3. The number of aromatic nitrogens is 9. The number of hydrogen-bond acceptors (Lipinski definition) is 4. The summed E-state index contributed by atoms with van der Waals surface area (Å²) in [6, 6.07) is 44.3. The van der Waals surface area contributed by atoms with E-state index in [1.807, 2.05) is 117 Å². The van der Waals surface area contributed by atoms with Crippen LogP contribution in [0.3, 0.4) is 0 Å². The Morgan fingerprint density at radius 3 is 1.61 bits per heavy atom. The van der Waals surface area contributed by atoms with Gasteiger partial charge in [0.05, 0.1) is 47.7 Å². The van der Waals surface area contributed by atoms with Gasteiger partial charge in [-0.1, -0.05) is 66.0 Å². The fraction of sp³-hybridized carbons (Fsp3) is 0.0588. The molecule has 1 radical (unpaired) electrons. The van der Waals surface area contributed by atoms with E-state index in [-0.39, 0.29) is 20.1 Å². The molecule has 0 saturated heterocycles. The largest absolute Gasteiger partial charge is 0.342 e. The number of aryl methyl sites for hydroxylation is 2. The van der Waals surface area contributed by atoms with Crippen LogP contribution < -0.4 is 14.2 Å². The molecule has 0 atom stereocenters. The van der Waals surface area contributed by atoms with Crippen LogP contribution in [0.4, 0.5) is 0 Å². The van der Waals surface area contributed by atoms with E-state index < -0.39 is 0 Å². The molecule has 0 unspecified atom stereocenters. The molecule has 44 heavy (non-hydrogen) atoms. The summed E-state index contributed by atoms with van der Waals surface area (Å²) in [4.78, 5) is 4.02. The Kier molecular flexibility index (Phi) is 9.76. The molecule has 8 aromatic rings. The van der Waals surface area contributed by atoms with E-state index in [4.69, 9.17) is 0 Å². The average Bonchev–Trinajstić information content (AvgIpc) is 3.82. The van der Waals surface area contributed by atoms with E-state index in [0.29, 0.717) is 11.5 Å². The van der Waals surface area contributed by atoms with Crippen molar-refractivity contribution >= 4 is 22.1 Å². The third kappa shape index (κ3) is 6.67. The molecule has 0 amide bonds. The molecule has 0 aliphatic rings. The molecule has 4 heterocycles. The number of nitrogens with zero attached hydrogens (tertiary/aromatic N) is 9. The van der Waals surface area contributed by atoms with Crippen molar-refractivity contribution in [2.45, 2.75) is 0 Å². The Labute approximate surface area is 268 Å². The first kappa shape index (κ1) is 30.2. The van der Waals surface area contributed by atoms with E-state index >= 15 is 0 Å². The first-order valence-electron chi connectivity index (χ1n) is 13.5. The van der Waals surface area contributed by atoms with Gasteiger partial charge in [-0.3, -0.25) is 15.3 Å². The summed E-state index contributed by atoms with van der Waals surface area (Å²) in [7, 11) is 4.00. The Hall–Kier alpha value is -5.31. The Bertz CT molecular complexity index is 1920. The van der Waals surface area contributed by atoms with Gasteiger partial charge in [-0.05, 0) is 12.1 Å². The molecule has 4 aromatic heterocycles. The second-order valence-corrected chi connectivity index (χ2v) is 9.38. The van der Waals surface area contributed by atoms with Gasteiger partial charge in [-0.15, -0.1) is 0 Å². The maximum atomic E-state index is 4.02. The van der Waals surface area contributed by atoms with E-state index in [0.717, 1.165) is 22.4 Å². The van der Waals surface area contributed by atoms with Crippen molar-refractivity contribution < 1.29 is 29.2 Å². The average molecular weight is 753 g/mol. The van der Waals surface area contributed by atoms with Gasteiger partial charge in [0, 0.05) is 26.3 Å².